The van der Waals surface area contributed by atoms with Gasteiger partial charge in [0, 0.05) is 34.1 Å². The summed E-state index contributed by atoms with van der Waals surface area (Å²) >= 11 is 0. The summed E-state index contributed by atoms with van der Waals surface area (Å²) in [5, 5.41) is 0. The molecule has 41 heavy (non-hydrogen) atoms. The highest BCUT2D eigenvalue weighted by Crippen LogP contribution is 2.38. The lowest BCUT2D eigenvalue weighted by molar-refractivity contribution is 0.866. The molecule has 0 spiro atoms. The molecule has 0 aromatic heterocycles. The molecule has 2 heteroatoms. The molecule has 0 fully saturated rings. The van der Waals surface area contributed by atoms with Crippen LogP contribution in [0.15, 0.2) is 164 Å². The molecule has 0 saturated heterocycles. The Hall–Kier alpha value is -5.08. The van der Waals surface area contributed by atoms with Gasteiger partial charge in [-0.1, -0.05) is 105 Å². The Balaban J connectivity index is 1.30. The van der Waals surface area contributed by atoms with Crippen molar-refractivity contribution in [2.45, 2.75) is 19.8 Å². The van der Waals surface area contributed by atoms with E-state index in [0.29, 0.717) is 5.92 Å². The fraction of sp³-hybridized carbons (Fsp3) is 0.0769. The Kier molecular flexibility index (Phi) is 7.64. The maximum absolute atomic E-state index is 2.31. The molecule has 6 aromatic carbocycles. The van der Waals surface area contributed by atoms with E-state index >= 15 is 0 Å². The standard InChI is InChI=1S/C39H34N2/c1-30(2)31-18-24-37(25-19-31)41(36-16-10-5-11-17-36)39-28-22-33(23-29-39)32-20-26-38(27-21-32)40(34-12-6-3-7-13-34)35-14-8-4-9-15-35/h3-30H,1-2H3. The van der Waals surface area contributed by atoms with E-state index in [4.69, 9.17) is 0 Å². The van der Waals surface area contributed by atoms with Crippen LogP contribution in [0.3, 0.4) is 0 Å². The van der Waals surface area contributed by atoms with E-state index in [9.17, 15) is 0 Å². The zero-order valence-corrected chi connectivity index (χ0v) is 23.6. The SMILES string of the molecule is CC(C)c1ccc(N(c2ccccc2)c2ccc(-c3ccc(N(c4ccccc4)c4ccccc4)cc3)cc2)cc1. The van der Waals surface area contributed by atoms with E-state index in [0.717, 1.165) is 34.1 Å². The summed E-state index contributed by atoms with van der Waals surface area (Å²) in [5.41, 5.74) is 10.6. The lowest BCUT2D eigenvalue weighted by Gasteiger charge is -2.26. The van der Waals surface area contributed by atoms with Crippen molar-refractivity contribution < 1.29 is 0 Å². The first-order valence-corrected chi connectivity index (χ1v) is 14.2. The molecule has 0 radical (unpaired) electrons. The van der Waals surface area contributed by atoms with Gasteiger partial charge in [-0.2, -0.15) is 0 Å². The van der Waals surface area contributed by atoms with E-state index in [-0.39, 0.29) is 0 Å². The third kappa shape index (κ3) is 5.78. The zero-order chi connectivity index (χ0) is 28.0. The number of anilines is 6. The van der Waals surface area contributed by atoms with Crippen LogP contribution in [0.2, 0.25) is 0 Å². The van der Waals surface area contributed by atoms with Gasteiger partial charge in [0.25, 0.3) is 0 Å². The number of nitrogens with zero attached hydrogens (tertiary/aromatic N) is 2. The van der Waals surface area contributed by atoms with Gasteiger partial charge in [0.2, 0.25) is 0 Å². The Morgan fingerprint density at radius 1 is 0.317 bits per heavy atom. The van der Waals surface area contributed by atoms with E-state index in [2.05, 4.69) is 187 Å². The Morgan fingerprint density at radius 3 is 0.878 bits per heavy atom. The first-order valence-electron chi connectivity index (χ1n) is 14.2. The monoisotopic (exact) mass is 530 g/mol. The topological polar surface area (TPSA) is 6.48 Å². The minimum Gasteiger partial charge on any atom is -0.311 e. The maximum atomic E-state index is 2.31. The molecule has 0 saturated carbocycles. The number of hydrogen-bond acceptors (Lipinski definition) is 2. The second kappa shape index (κ2) is 12.0. The summed E-state index contributed by atoms with van der Waals surface area (Å²) in [7, 11) is 0. The molecule has 0 unspecified atom stereocenters. The summed E-state index contributed by atoms with van der Waals surface area (Å²) in [5.74, 6) is 0.507. The van der Waals surface area contributed by atoms with Crippen LogP contribution in [0.25, 0.3) is 11.1 Å². The second-order valence-corrected chi connectivity index (χ2v) is 10.5. The van der Waals surface area contributed by atoms with Gasteiger partial charge in [-0.05, 0) is 95.4 Å². The van der Waals surface area contributed by atoms with E-state index in [1.807, 2.05) is 0 Å². The maximum Gasteiger partial charge on any atom is 0.0462 e. The lowest BCUT2D eigenvalue weighted by Crippen LogP contribution is -2.10. The quantitative estimate of drug-likeness (QED) is 0.193. The molecule has 6 aromatic rings. The van der Waals surface area contributed by atoms with Crippen LogP contribution in [0.4, 0.5) is 34.1 Å². The van der Waals surface area contributed by atoms with Crippen molar-refractivity contribution in [2.24, 2.45) is 0 Å². The van der Waals surface area contributed by atoms with Gasteiger partial charge < -0.3 is 9.80 Å². The van der Waals surface area contributed by atoms with Gasteiger partial charge in [-0.15, -0.1) is 0 Å². The number of rotatable bonds is 8. The van der Waals surface area contributed by atoms with Crippen LogP contribution >= 0.6 is 0 Å². The van der Waals surface area contributed by atoms with Gasteiger partial charge in [0.05, 0.1) is 0 Å². The fourth-order valence-electron chi connectivity index (χ4n) is 5.24. The molecule has 0 aliphatic carbocycles. The van der Waals surface area contributed by atoms with Crippen LogP contribution in [0.5, 0.6) is 0 Å². The Bertz CT molecular complexity index is 1620. The fourth-order valence-corrected chi connectivity index (χ4v) is 5.24. The Morgan fingerprint density at radius 2 is 0.585 bits per heavy atom. The minimum absolute atomic E-state index is 0.507. The molecule has 0 amide bonds. The summed E-state index contributed by atoms with van der Waals surface area (Å²) in [6, 6.07) is 58.2. The van der Waals surface area contributed by atoms with Crippen LogP contribution in [0, 0.1) is 0 Å². The predicted molar refractivity (Wildman–Crippen MR) is 175 cm³/mol. The molecule has 0 atom stereocenters. The largest absolute Gasteiger partial charge is 0.311 e. The zero-order valence-electron chi connectivity index (χ0n) is 23.6. The summed E-state index contributed by atoms with van der Waals surface area (Å²) in [4.78, 5) is 4.60. The molecule has 0 heterocycles. The van der Waals surface area contributed by atoms with Crippen molar-refractivity contribution in [1.29, 1.82) is 0 Å². The summed E-state index contributed by atoms with van der Waals surface area (Å²) in [6.07, 6.45) is 0. The smallest absolute Gasteiger partial charge is 0.0462 e. The van der Waals surface area contributed by atoms with Crippen molar-refractivity contribution in [3.63, 3.8) is 0 Å². The molecule has 2 nitrogen and oxygen atoms in total. The molecule has 0 bridgehead atoms. The highest BCUT2D eigenvalue weighted by atomic mass is 15.1. The number of benzene rings is 6. The van der Waals surface area contributed by atoms with Crippen LogP contribution in [0.1, 0.15) is 25.3 Å². The Labute approximate surface area is 243 Å². The van der Waals surface area contributed by atoms with E-state index in [1.165, 1.54) is 16.7 Å². The van der Waals surface area contributed by atoms with Crippen LogP contribution in [-0.2, 0) is 0 Å². The van der Waals surface area contributed by atoms with Crippen molar-refractivity contribution in [2.75, 3.05) is 9.80 Å². The highest BCUT2D eigenvalue weighted by molar-refractivity contribution is 5.80. The average Bonchev–Trinajstić information content (AvgIpc) is 3.04. The van der Waals surface area contributed by atoms with Crippen molar-refractivity contribution in [1.82, 2.24) is 0 Å². The number of hydrogen-bond donors (Lipinski definition) is 0. The normalized spacial score (nSPS) is 10.9. The van der Waals surface area contributed by atoms with Crippen molar-refractivity contribution in [3.8, 4) is 11.1 Å². The van der Waals surface area contributed by atoms with Gasteiger partial charge in [0.15, 0.2) is 0 Å². The highest BCUT2D eigenvalue weighted by Gasteiger charge is 2.14. The first kappa shape index (κ1) is 26.2. The van der Waals surface area contributed by atoms with E-state index in [1.54, 1.807) is 0 Å². The first-order chi connectivity index (χ1) is 20.2. The molecule has 0 aliphatic rings. The second-order valence-electron chi connectivity index (χ2n) is 10.5. The van der Waals surface area contributed by atoms with E-state index < -0.39 is 0 Å². The van der Waals surface area contributed by atoms with Crippen molar-refractivity contribution >= 4 is 34.1 Å². The molecular weight excluding hydrogens is 496 g/mol. The summed E-state index contributed by atoms with van der Waals surface area (Å²) in [6.45, 7) is 4.46. The molecular formula is C39H34N2. The predicted octanol–water partition coefficient (Wildman–Crippen LogP) is 11.4. The molecule has 6 rings (SSSR count). The molecule has 200 valence electrons. The van der Waals surface area contributed by atoms with Crippen LogP contribution < -0.4 is 9.80 Å². The lowest BCUT2D eigenvalue weighted by atomic mass is 10.0. The van der Waals surface area contributed by atoms with Crippen molar-refractivity contribution in [3.05, 3.63) is 169 Å². The minimum atomic E-state index is 0.507. The third-order valence-electron chi connectivity index (χ3n) is 7.45. The number of para-hydroxylation sites is 3. The van der Waals surface area contributed by atoms with Crippen LogP contribution in [-0.4, -0.2) is 0 Å². The molecule has 0 aliphatic heterocycles. The van der Waals surface area contributed by atoms with Gasteiger partial charge in [-0.3, -0.25) is 0 Å². The van der Waals surface area contributed by atoms with Gasteiger partial charge >= 0.3 is 0 Å². The van der Waals surface area contributed by atoms with Gasteiger partial charge in [0.1, 0.15) is 0 Å². The molecule has 0 N–H and O–H groups in total. The third-order valence-corrected chi connectivity index (χ3v) is 7.45. The average molecular weight is 531 g/mol. The summed E-state index contributed by atoms with van der Waals surface area (Å²) < 4.78 is 0. The van der Waals surface area contributed by atoms with Gasteiger partial charge in [-0.25, -0.2) is 0 Å².